The number of hydrogen-bond donors (Lipinski definition) is 4. The van der Waals surface area contributed by atoms with Crippen LogP contribution in [0.2, 0.25) is 0 Å². The van der Waals surface area contributed by atoms with Gasteiger partial charge in [-0.15, -0.1) is 11.3 Å². The number of sulfonamides is 1. The van der Waals surface area contributed by atoms with E-state index in [1.54, 1.807) is 17.5 Å². The lowest BCUT2D eigenvalue weighted by atomic mass is 10.1. The zero-order chi connectivity index (χ0) is 25.3. The SMILES string of the molecule is CC(C)Nc1cc(Nc2ccc3ncsc3c2)ncc1-c1ncc(NC2CCN(S(C)(=O)=O)CC2)[nH]1. The van der Waals surface area contributed by atoms with Crippen molar-refractivity contribution in [2.45, 2.75) is 38.8 Å². The first-order valence-corrected chi connectivity index (χ1v) is 14.6. The van der Waals surface area contributed by atoms with E-state index in [1.807, 2.05) is 29.9 Å². The second-order valence-electron chi connectivity index (χ2n) is 9.30. The van der Waals surface area contributed by atoms with Crippen molar-refractivity contribution in [1.29, 1.82) is 0 Å². The summed E-state index contributed by atoms with van der Waals surface area (Å²) in [6.45, 7) is 5.22. The Kier molecular flexibility index (Phi) is 6.82. The molecule has 190 valence electrons. The zero-order valence-corrected chi connectivity index (χ0v) is 22.1. The smallest absolute Gasteiger partial charge is 0.211 e. The van der Waals surface area contributed by atoms with Gasteiger partial charge in [-0.05, 0) is 44.9 Å². The molecule has 10 nitrogen and oxygen atoms in total. The second-order valence-corrected chi connectivity index (χ2v) is 12.2. The fourth-order valence-corrected chi connectivity index (χ4v) is 5.90. The highest BCUT2D eigenvalue weighted by atomic mass is 32.2. The summed E-state index contributed by atoms with van der Waals surface area (Å²) < 4.78 is 26.2. The molecule has 1 aliphatic heterocycles. The topological polar surface area (TPSA) is 128 Å². The van der Waals surface area contributed by atoms with Crippen LogP contribution in [0.15, 0.2) is 42.2 Å². The van der Waals surface area contributed by atoms with Gasteiger partial charge in [0.1, 0.15) is 17.5 Å². The Morgan fingerprint density at radius 1 is 1.11 bits per heavy atom. The molecular formula is C24H30N8O2S2. The van der Waals surface area contributed by atoms with E-state index in [4.69, 9.17) is 0 Å². The molecule has 0 spiro atoms. The van der Waals surface area contributed by atoms with Gasteiger partial charge in [0, 0.05) is 43.1 Å². The van der Waals surface area contributed by atoms with E-state index in [9.17, 15) is 8.42 Å². The highest BCUT2D eigenvalue weighted by Crippen LogP contribution is 2.31. The number of aromatic amines is 1. The molecule has 0 bridgehead atoms. The molecule has 36 heavy (non-hydrogen) atoms. The van der Waals surface area contributed by atoms with Crippen LogP contribution in [-0.2, 0) is 10.0 Å². The predicted octanol–water partition coefficient (Wildman–Crippen LogP) is 4.48. The fourth-order valence-electron chi connectivity index (χ4n) is 4.31. The van der Waals surface area contributed by atoms with Crippen molar-refractivity contribution in [2.75, 3.05) is 35.3 Å². The number of benzene rings is 1. The number of imidazole rings is 1. The highest BCUT2D eigenvalue weighted by Gasteiger charge is 2.25. The van der Waals surface area contributed by atoms with Crippen molar-refractivity contribution in [3.63, 3.8) is 0 Å². The van der Waals surface area contributed by atoms with Crippen molar-refractivity contribution < 1.29 is 8.42 Å². The molecule has 1 aromatic carbocycles. The maximum atomic E-state index is 11.8. The van der Waals surface area contributed by atoms with Gasteiger partial charge in [0.05, 0.1) is 39.4 Å². The van der Waals surface area contributed by atoms with Crippen LogP contribution < -0.4 is 16.0 Å². The van der Waals surface area contributed by atoms with E-state index in [0.29, 0.717) is 18.9 Å². The number of nitrogens with one attached hydrogen (secondary N) is 4. The summed E-state index contributed by atoms with van der Waals surface area (Å²) in [4.78, 5) is 16.9. The van der Waals surface area contributed by atoms with Crippen molar-refractivity contribution in [2.24, 2.45) is 0 Å². The molecule has 5 rings (SSSR count). The first-order valence-electron chi connectivity index (χ1n) is 11.9. The third-order valence-electron chi connectivity index (χ3n) is 6.07. The number of H-pyrrole nitrogens is 1. The third-order valence-corrected chi connectivity index (χ3v) is 8.16. The van der Waals surface area contributed by atoms with Crippen LogP contribution >= 0.6 is 11.3 Å². The molecular weight excluding hydrogens is 496 g/mol. The lowest BCUT2D eigenvalue weighted by molar-refractivity contribution is 0.331. The molecule has 3 aromatic heterocycles. The van der Waals surface area contributed by atoms with E-state index in [0.717, 1.165) is 51.6 Å². The number of rotatable bonds is 8. The lowest BCUT2D eigenvalue weighted by Gasteiger charge is -2.30. The van der Waals surface area contributed by atoms with Gasteiger partial charge in [-0.3, -0.25) is 0 Å². The minimum atomic E-state index is -3.14. The van der Waals surface area contributed by atoms with Crippen LogP contribution in [-0.4, -0.2) is 64.1 Å². The molecule has 12 heteroatoms. The van der Waals surface area contributed by atoms with Crippen molar-refractivity contribution in [3.05, 3.63) is 42.2 Å². The molecule has 0 radical (unpaired) electrons. The molecule has 4 heterocycles. The van der Waals surface area contributed by atoms with Gasteiger partial charge in [0.25, 0.3) is 0 Å². The molecule has 0 amide bonds. The first-order chi connectivity index (χ1) is 17.2. The summed E-state index contributed by atoms with van der Waals surface area (Å²) in [6.07, 6.45) is 6.34. The lowest BCUT2D eigenvalue weighted by Crippen LogP contribution is -2.41. The first kappa shape index (κ1) is 24.5. The number of pyridine rings is 1. The molecule has 0 saturated carbocycles. The predicted molar refractivity (Wildman–Crippen MR) is 147 cm³/mol. The molecule has 1 fully saturated rings. The van der Waals surface area contributed by atoms with Crippen LogP contribution in [0.1, 0.15) is 26.7 Å². The summed E-state index contributed by atoms with van der Waals surface area (Å²) in [6, 6.07) is 8.47. The van der Waals surface area contributed by atoms with Gasteiger partial charge in [-0.2, -0.15) is 0 Å². The Bertz CT molecular complexity index is 1460. The van der Waals surface area contributed by atoms with Gasteiger partial charge < -0.3 is 20.9 Å². The van der Waals surface area contributed by atoms with Crippen molar-refractivity contribution in [3.8, 4) is 11.4 Å². The highest BCUT2D eigenvalue weighted by molar-refractivity contribution is 7.88. The molecule has 4 aromatic rings. The maximum absolute atomic E-state index is 11.8. The molecule has 1 saturated heterocycles. The third kappa shape index (κ3) is 5.61. The molecule has 0 aliphatic carbocycles. The van der Waals surface area contributed by atoms with Gasteiger partial charge in [0.15, 0.2) is 0 Å². The summed E-state index contributed by atoms with van der Waals surface area (Å²) in [7, 11) is -3.14. The summed E-state index contributed by atoms with van der Waals surface area (Å²) in [5, 5.41) is 10.4. The largest absolute Gasteiger partial charge is 0.382 e. The molecule has 0 unspecified atom stereocenters. The van der Waals surface area contributed by atoms with Crippen molar-refractivity contribution in [1.82, 2.24) is 24.2 Å². The Labute approximate surface area is 214 Å². The normalized spacial score (nSPS) is 15.4. The standard InChI is InChI=1S/C24H30N8O2S2/c1-15(2)28-20-11-22(30-17-4-5-19-21(10-17)35-14-27-19)25-12-18(20)24-26-13-23(31-24)29-16-6-8-32(9-7-16)36(3,33)34/h4-5,10-16,29H,6-9H2,1-3H3,(H,26,31)(H2,25,28,30). The quantitative estimate of drug-likeness (QED) is 0.265. The van der Waals surface area contributed by atoms with Gasteiger partial charge in [-0.25, -0.2) is 27.7 Å². The van der Waals surface area contributed by atoms with Gasteiger partial charge in [0.2, 0.25) is 10.0 Å². The zero-order valence-electron chi connectivity index (χ0n) is 20.4. The van der Waals surface area contributed by atoms with Crippen LogP contribution in [0.4, 0.5) is 23.0 Å². The molecule has 1 aliphatic rings. The van der Waals surface area contributed by atoms with E-state index in [2.05, 4.69) is 55.8 Å². The number of hydrogen-bond acceptors (Lipinski definition) is 9. The number of fused-ring (bicyclic) bond motifs is 1. The Hall–Kier alpha value is -3.22. The average Bonchev–Trinajstić information content (AvgIpc) is 3.48. The second kappa shape index (κ2) is 10.0. The molecule has 4 N–H and O–H groups in total. The van der Waals surface area contributed by atoms with Crippen LogP contribution in [0.25, 0.3) is 21.6 Å². The Morgan fingerprint density at radius 2 is 1.92 bits per heavy atom. The Morgan fingerprint density at radius 3 is 2.67 bits per heavy atom. The minimum Gasteiger partial charge on any atom is -0.382 e. The van der Waals surface area contributed by atoms with Crippen molar-refractivity contribution >= 4 is 54.6 Å². The van der Waals surface area contributed by atoms with Crippen LogP contribution in [0.3, 0.4) is 0 Å². The number of nitrogens with zero attached hydrogens (tertiary/aromatic N) is 4. The minimum absolute atomic E-state index is 0.185. The van der Waals surface area contributed by atoms with E-state index in [1.165, 1.54) is 10.6 Å². The summed E-state index contributed by atoms with van der Waals surface area (Å²) >= 11 is 1.61. The van der Waals surface area contributed by atoms with Gasteiger partial charge in [-0.1, -0.05) is 0 Å². The summed E-state index contributed by atoms with van der Waals surface area (Å²) in [5.74, 6) is 2.24. The van der Waals surface area contributed by atoms with E-state index >= 15 is 0 Å². The number of anilines is 4. The fraction of sp³-hybridized carbons (Fsp3) is 0.375. The Balaban J connectivity index is 1.32. The van der Waals surface area contributed by atoms with E-state index in [-0.39, 0.29) is 12.1 Å². The monoisotopic (exact) mass is 526 g/mol. The number of piperidine rings is 1. The summed E-state index contributed by atoms with van der Waals surface area (Å²) in [5.41, 5.74) is 5.57. The number of thiazole rings is 1. The average molecular weight is 527 g/mol. The molecule has 0 atom stereocenters. The van der Waals surface area contributed by atoms with Gasteiger partial charge >= 0.3 is 0 Å². The van der Waals surface area contributed by atoms with Crippen LogP contribution in [0.5, 0.6) is 0 Å². The van der Waals surface area contributed by atoms with Crippen LogP contribution in [0, 0.1) is 0 Å². The maximum Gasteiger partial charge on any atom is 0.211 e. The number of aromatic nitrogens is 4. The van der Waals surface area contributed by atoms with E-state index < -0.39 is 10.0 Å².